The molecule has 6 N–H and O–H groups in total. The second-order valence-corrected chi connectivity index (χ2v) is 16.1. The first-order valence-corrected chi connectivity index (χ1v) is 19.7. The molecule has 0 atom stereocenters. The molecule has 1 aliphatic carbocycles. The molecule has 1 heterocycles. The third-order valence-electron chi connectivity index (χ3n) is 8.54. The summed E-state index contributed by atoms with van der Waals surface area (Å²) >= 11 is 0. The Balaban J connectivity index is 1.71. The van der Waals surface area contributed by atoms with Crippen LogP contribution in [0.2, 0.25) is 0 Å². The average molecular weight is 783 g/mol. The molecule has 0 amide bonds. The Labute approximate surface area is 300 Å². The van der Waals surface area contributed by atoms with Gasteiger partial charge in [-0.1, -0.05) is 54.6 Å². The fourth-order valence-electron chi connectivity index (χ4n) is 6.33. The maximum atomic E-state index is 14.3. The van der Waals surface area contributed by atoms with Gasteiger partial charge in [0.1, 0.15) is 9.79 Å². The van der Waals surface area contributed by atoms with Crippen molar-refractivity contribution in [3.63, 3.8) is 0 Å². The summed E-state index contributed by atoms with van der Waals surface area (Å²) in [4.78, 5) is 52.2. The first-order valence-electron chi connectivity index (χ1n) is 15.4. The number of hydrogen-bond donors (Lipinski definition) is 6. The van der Waals surface area contributed by atoms with Gasteiger partial charge in [-0.3, -0.25) is 32.8 Å². The van der Waals surface area contributed by atoms with Gasteiger partial charge in [0.15, 0.2) is 11.6 Å². The van der Waals surface area contributed by atoms with Gasteiger partial charge >= 0.3 is 5.97 Å². The fourth-order valence-corrected chi connectivity index (χ4v) is 8.49. The molecule has 0 radical (unpaired) electrons. The van der Waals surface area contributed by atoms with Gasteiger partial charge in [0.05, 0.1) is 32.9 Å². The molecule has 5 aromatic rings. The van der Waals surface area contributed by atoms with Crippen molar-refractivity contribution in [3.8, 4) is 11.1 Å². The number of carbonyl (C=O) groups is 3. The number of anilines is 2. The number of aliphatic carboxylic acids is 1. The number of fused-ring (bicyclic) bond motifs is 2. The number of pyridine rings is 1. The van der Waals surface area contributed by atoms with Crippen LogP contribution in [0.15, 0.2) is 92.3 Å². The predicted molar refractivity (Wildman–Crippen MR) is 188 cm³/mol. The topological polar surface area (TPSA) is 279 Å². The number of nitrogens with one attached hydrogen (secondary N) is 2. The average Bonchev–Trinajstić information content (AvgIpc) is 3.07. The van der Waals surface area contributed by atoms with E-state index in [1.807, 2.05) is 0 Å². The zero-order chi connectivity index (χ0) is 38.6. The van der Waals surface area contributed by atoms with E-state index in [4.69, 9.17) is 5.11 Å². The molecular formula is C34H26N2O14S3. The number of H-pyrrole nitrogens is 1. The SMILES string of the molecule is O=C(O)CCCCc1cc(Nc2cc(S(=O)(=O)O)c3[nH]c(=O)c(C(=O)c4ccccc4)c4c3c2C(=O)c2ccccc2-4)c(S(=O)(=O)O)cc1S(=O)(=O)O. The highest BCUT2D eigenvalue weighted by molar-refractivity contribution is 7.87. The van der Waals surface area contributed by atoms with Crippen molar-refractivity contribution in [2.45, 2.75) is 40.4 Å². The molecule has 53 heavy (non-hydrogen) atoms. The van der Waals surface area contributed by atoms with E-state index in [0.29, 0.717) is 12.1 Å². The summed E-state index contributed by atoms with van der Waals surface area (Å²) in [7, 11) is -15.8. The Morgan fingerprint density at radius 1 is 0.679 bits per heavy atom. The zero-order valence-corrected chi connectivity index (χ0v) is 29.3. The molecule has 0 saturated heterocycles. The first kappa shape index (κ1) is 37.2. The standard InChI is InChI=1S/C34H26N2O14S3/c37-26(38)13-7-4-10-18-14-21(24(52(45,46)47)16-23(18)51(42,43)44)35-22-15-25(53(48,49)50)31-29-27(19-11-5-6-12-20(19)33(40)28(22)29)30(34(41)36-31)32(39)17-8-2-1-3-9-17/h1-3,5-6,8-9,11-12,14-16,35H,4,7,10,13H2,(H,36,41)(H,37,38)(H,42,43,44)(H,45,46,47)(H,48,49,50). The summed E-state index contributed by atoms with van der Waals surface area (Å²) in [5.41, 5.74) is -4.11. The van der Waals surface area contributed by atoms with E-state index in [2.05, 4.69) is 10.3 Å². The van der Waals surface area contributed by atoms with Gasteiger partial charge in [0.2, 0.25) is 0 Å². The van der Waals surface area contributed by atoms with Crippen molar-refractivity contribution >= 4 is 70.2 Å². The maximum Gasteiger partial charge on any atom is 0.303 e. The van der Waals surface area contributed by atoms with E-state index < -0.39 is 96.2 Å². The Morgan fingerprint density at radius 3 is 1.89 bits per heavy atom. The van der Waals surface area contributed by atoms with E-state index in [9.17, 15) is 58.1 Å². The van der Waals surface area contributed by atoms with Crippen LogP contribution in [0.25, 0.3) is 22.0 Å². The second kappa shape index (κ2) is 13.4. The lowest BCUT2D eigenvalue weighted by Gasteiger charge is -2.25. The fraction of sp³-hybridized carbons (Fsp3) is 0.118. The normalized spacial score (nSPS) is 12.8. The van der Waals surface area contributed by atoms with Crippen LogP contribution in [0.4, 0.5) is 11.4 Å². The number of ketones is 2. The summed E-state index contributed by atoms with van der Waals surface area (Å²) in [5.74, 6) is -2.78. The molecule has 0 spiro atoms. The molecule has 4 aromatic carbocycles. The summed E-state index contributed by atoms with van der Waals surface area (Å²) in [6.45, 7) is 0. The lowest BCUT2D eigenvalue weighted by atomic mass is 9.80. The molecule has 19 heteroatoms. The molecule has 16 nitrogen and oxygen atoms in total. The molecule has 1 aromatic heterocycles. The molecule has 0 aliphatic heterocycles. The first-order chi connectivity index (χ1) is 24.8. The number of rotatable bonds is 12. The molecule has 0 fully saturated rings. The molecule has 1 aliphatic rings. The number of carbonyl (C=O) groups excluding carboxylic acids is 2. The molecule has 0 saturated carbocycles. The van der Waals surface area contributed by atoms with Gasteiger partial charge in [-0.25, -0.2) is 0 Å². The smallest absolute Gasteiger partial charge is 0.303 e. The van der Waals surface area contributed by atoms with Gasteiger partial charge in [-0.05, 0) is 48.6 Å². The number of aryl methyl sites for hydroxylation is 1. The minimum atomic E-state index is -5.36. The summed E-state index contributed by atoms with van der Waals surface area (Å²) in [6, 6.07) is 15.3. The van der Waals surface area contributed by atoms with Crippen LogP contribution in [-0.4, -0.2) is 66.5 Å². The van der Waals surface area contributed by atoms with E-state index in [0.717, 1.165) is 6.07 Å². The monoisotopic (exact) mass is 782 g/mol. The number of carboxylic acids is 1. The van der Waals surface area contributed by atoms with Crippen molar-refractivity contribution in [1.29, 1.82) is 0 Å². The molecule has 6 rings (SSSR count). The number of aromatic nitrogens is 1. The van der Waals surface area contributed by atoms with Gasteiger partial charge < -0.3 is 15.4 Å². The van der Waals surface area contributed by atoms with Crippen molar-refractivity contribution in [2.75, 3.05) is 5.32 Å². The minimum absolute atomic E-state index is 0.0256. The zero-order valence-electron chi connectivity index (χ0n) is 26.9. The van der Waals surface area contributed by atoms with E-state index in [-0.39, 0.29) is 58.9 Å². The van der Waals surface area contributed by atoms with Crippen LogP contribution in [0.3, 0.4) is 0 Å². The van der Waals surface area contributed by atoms with Gasteiger partial charge in [0, 0.05) is 28.5 Å². The molecule has 274 valence electrons. The van der Waals surface area contributed by atoms with Crippen LogP contribution in [-0.2, 0) is 41.6 Å². The van der Waals surface area contributed by atoms with Crippen LogP contribution in [0, 0.1) is 0 Å². The number of aromatic amines is 1. The Morgan fingerprint density at radius 2 is 1.28 bits per heavy atom. The lowest BCUT2D eigenvalue weighted by Crippen LogP contribution is -2.25. The van der Waals surface area contributed by atoms with Crippen LogP contribution in [0.1, 0.15) is 56.7 Å². The highest BCUT2D eigenvalue weighted by atomic mass is 32.2. The van der Waals surface area contributed by atoms with Crippen molar-refractivity contribution in [2.24, 2.45) is 0 Å². The lowest BCUT2D eigenvalue weighted by molar-refractivity contribution is -0.137. The second-order valence-electron chi connectivity index (χ2n) is 11.9. The summed E-state index contributed by atoms with van der Waals surface area (Å²) < 4.78 is 106. The van der Waals surface area contributed by atoms with E-state index in [1.54, 1.807) is 6.07 Å². The number of benzene rings is 4. The Bertz CT molecular complexity index is 2810. The highest BCUT2D eigenvalue weighted by Gasteiger charge is 2.36. The van der Waals surface area contributed by atoms with Gasteiger partial charge in [0.25, 0.3) is 35.9 Å². The quantitative estimate of drug-likeness (QED) is 0.0575. The highest BCUT2D eigenvalue weighted by Crippen LogP contribution is 2.46. The van der Waals surface area contributed by atoms with E-state index >= 15 is 0 Å². The molecule has 0 bridgehead atoms. The number of hydrogen-bond acceptors (Lipinski definition) is 11. The van der Waals surface area contributed by atoms with Gasteiger partial charge in [-0.15, -0.1) is 0 Å². The molecule has 0 unspecified atom stereocenters. The number of carboxylic acid groups (broad SMARTS) is 1. The summed E-state index contributed by atoms with van der Waals surface area (Å²) in [6.07, 6.45) is -0.490. The third-order valence-corrected chi connectivity index (χ3v) is 11.2. The van der Waals surface area contributed by atoms with Crippen molar-refractivity contribution in [1.82, 2.24) is 4.98 Å². The van der Waals surface area contributed by atoms with Crippen molar-refractivity contribution in [3.05, 3.63) is 111 Å². The summed E-state index contributed by atoms with van der Waals surface area (Å²) in [5, 5.41) is 11.2. The number of unbranched alkanes of at least 4 members (excludes halogenated alkanes) is 1. The van der Waals surface area contributed by atoms with Crippen LogP contribution in [0.5, 0.6) is 0 Å². The van der Waals surface area contributed by atoms with Crippen LogP contribution < -0.4 is 10.9 Å². The third kappa shape index (κ3) is 7.00. The Hall–Kier alpha value is -5.57. The largest absolute Gasteiger partial charge is 0.481 e. The minimum Gasteiger partial charge on any atom is -0.481 e. The van der Waals surface area contributed by atoms with Gasteiger partial charge in [-0.2, -0.15) is 25.3 Å². The molecular weight excluding hydrogens is 757 g/mol. The Kier molecular flexibility index (Phi) is 9.43. The van der Waals surface area contributed by atoms with E-state index in [1.165, 1.54) is 48.5 Å². The maximum absolute atomic E-state index is 14.3. The predicted octanol–water partition coefficient (Wildman–Crippen LogP) is 4.25. The van der Waals surface area contributed by atoms with Crippen molar-refractivity contribution < 1.29 is 58.4 Å². The van der Waals surface area contributed by atoms with Crippen LogP contribution >= 0.6 is 0 Å².